The number of carbonyl (C=O) groups excluding carboxylic acids is 2. The lowest BCUT2D eigenvalue weighted by molar-refractivity contribution is -0.0321. The molecule has 158 valence electrons. The number of rotatable bonds is 4. The van der Waals surface area contributed by atoms with Crippen LogP contribution in [0.15, 0.2) is 54.7 Å². The fraction of sp³-hybridized carbons (Fsp3) is 0.250. The SMILES string of the molecule is CC(=O)n1cc(CN2CCOC(c3c(C(N)=O)sc4ccccc34)C2)c2ccccc21. The van der Waals surface area contributed by atoms with Crippen molar-refractivity contribution >= 4 is 44.1 Å². The van der Waals surface area contributed by atoms with Gasteiger partial charge in [-0.1, -0.05) is 36.4 Å². The summed E-state index contributed by atoms with van der Waals surface area (Å²) in [6, 6.07) is 15.9. The number of amides is 1. The van der Waals surface area contributed by atoms with Crippen LogP contribution in [0.4, 0.5) is 0 Å². The third-order valence-corrected chi connectivity index (χ3v) is 7.06. The monoisotopic (exact) mass is 433 g/mol. The Morgan fingerprint density at radius 2 is 1.87 bits per heavy atom. The second-order valence-corrected chi connectivity index (χ2v) is 8.91. The average Bonchev–Trinajstić information content (AvgIpc) is 3.33. The highest BCUT2D eigenvalue weighted by molar-refractivity contribution is 7.21. The summed E-state index contributed by atoms with van der Waals surface area (Å²) in [4.78, 5) is 27.1. The van der Waals surface area contributed by atoms with Crippen molar-refractivity contribution in [3.8, 4) is 0 Å². The van der Waals surface area contributed by atoms with Gasteiger partial charge in [0, 0.05) is 48.4 Å². The standard InChI is InChI=1S/C24H23N3O3S/c1-15(28)27-13-16(17-6-2-4-8-19(17)27)12-26-10-11-30-20(14-26)22-18-7-3-5-9-21(18)31-23(22)24(25)29/h2-9,13,20H,10-12,14H2,1H3,(H2,25,29). The lowest BCUT2D eigenvalue weighted by Gasteiger charge is -2.33. The van der Waals surface area contributed by atoms with E-state index in [4.69, 9.17) is 10.5 Å². The van der Waals surface area contributed by atoms with Crippen LogP contribution < -0.4 is 5.73 Å². The van der Waals surface area contributed by atoms with E-state index in [1.807, 2.05) is 48.7 Å². The number of primary amides is 1. The molecule has 5 rings (SSSR count). The summed E-state index contributed by atoms with van der Waals surface area (Å²) in [5.74, 6) is -0.417. The summed E-state index contributed by atoms with van der Waals surface area (Å²) in [6.07, 6.45) is 1.71. The highest BCUT2D eigenvalue weighted by Crippen LogP contribution is 2.38. The lowest BCUT2D eigenvalue weighted by atomic mass is 10.0. The van der Waals surface area contributed by atoms with E-state index in [0.717, 1.165) is 38.7 Å². The van der Waals surface area contributed by atoms with Gasteiger partial charge in [0.25, 0.3) is 5.91 Å². The summed E-state index contributed by atoms with van der Waals surface area (Å²) < 4.78 is 8.87. The first-order valence-corrected chi connectivity index (χ1v) is 11.1. The van der Waals surface area contributed by atoms with Gasteiger partial charge in [0.05, 0.1) is 23.1 Å². The Morgan fingerprint density at radius 1 is 1.13 bits per heavy atom. The molecule has 2 aromatic heterocycles. The van der Waals surface area contributed by atoms with E-state index in [9.17, 15) is 9.59 Å². The minimum Gasteiger partial charge on any atom is -0.371 e. The molecule has 4 aromatic rings. The number of nitrogens with zero attached hydrogens (tertiary/aromatic N) is 2. The predicted octanol–water partition coefficient (Wildman–Crippen LogP) is 4.19. The Kier molecular flexibility index (Phi) is 5.09. The van der Waals surface area contributed by atoms with Gasteiger partial charge < -0.3 is 10.5 Å². The van der Waals surface area contributed by atoms with Gasteiger partial charge in [0.15, 0.2) is 0 Å². The number of para-hydroxylation sites is 1. The van der Waals surface area contributed by atoms with Crippen LogP contribution in [0, 0.1) is 0 Å². The Bertz CT molecular complexity index is 1310. The van der Waals surface area contributed by atoms with Crippen LogP contribution in [0.5, 0.6) is 0 Å². The van der Waals surface area contributed by atoms with Crippen molar-refractivity contribution in [3.63, 3.8) is 0 Å². The first kappa shape index (κ1) is 19.9. The first-order valence-electron chi connectivity index (χ1n) is 10.3. The van der Waals surface area contributed by atoms with Gasteiger partial charge >= 0.3 is 0 Å². The van der Waals surface area contributed by atoms with Crippen molar-refractivity contribution in [2.45, 2.75) is 19.6 Å². The normalized spacial score (nSPS) is 17.4. The number of morpholine rings is 1. The molecule has 0 saturated carbocycles. The molecular weight excluding hydrogens is 410 g/mol. The number of hydrogen-bond donors (Lipinski definition) is 1. The molecule has 1 atom stereocenters. The maximum atomic E-state index is 12.1. The molecule has 0 aliphatic carbocycles. The van der Waals surface area contributed by atoms with Crippen molar-refractivity contribution in [2.24, 2.45) is 5.73 Å². The van der Waals surface area contributed by atoms with E-state index >= 15 is 0 Å². The van der Waals surface area contributed by atoms with Crippen LogP contribution in [0.25, 0.3) is 21.0 Å². The molecule has 2 N–H and O–H groups in total. The molecule has 0 bridgehead atoms. The maximum Gasteiger partial charge on any atom is 0.259 e. The summed E-state index contributed by atoms with van der Waals surface area (Å²) in [5.41, 5.74) is 8.63. The van der Waals surface area contributed by atoms with Crippen molar-refractivity contribution in [3.05, 3.63) is 70.7 Å². The van der Waals surface area contributed by atoms with E-state index in [1.54, 1.807) is 11.5 Å². The van der Waals surface area contributed by atoms with Gasteiger partial charge in [-0.2, -0.15) is 0 Å². The van der Waals surface area contributed by atoms with E-state index in [-0.39, 0.29) is 12.0 Å². The van der Waals surface area contributed by atoms with Gasteiger partial charge in [-0.05, 0) is 23.1 Å². The molecule has 7 heteroatoms. The van der Waals surface area contributed by atoms with Crippen molar-refractivity contribution in [1.82, 2.24) is 9.47 Å². The number of ether oxygens (including phenoxy) is 1. The van der Waals surface area contributed by atoms with Crippen LogP contribution in [0.3, 0.4) is 0 Å². The summed E-state index contributed by atoms with van der Waals surface area (Å²) in [7, 11) is 0. The van der Waals surface area contributed by atoms with Crippen LogP contribution in [0.2, 0.25) is 0 Å². The summed E-state index contributed by atoms with van der Waals surface area (Å²) >= 11 is 1.43. The summed E-state index contributed by atoms with van der Waals surface area (Å²) in [5, 5.41) is 2.11. The topological polar surface area (TPSA) is 77.6 Å². The molecule has 1 unspecified atom stereocenters. The van der Waals surface area contributed by atoms with E-state index in [1.165, 1.54) is 11.3 Å². The van der Waals surface area contributed by atoms with Crippen LogP contribution >= 0.6 is 11.3 Å². The molecule has 0 radical (unpaired) electrons. The highest BCUT2D eigenvalue weighted by Gasteiger charge is 2.29. The second kappa shape index (κ2) is 7.92. The number of nitrogens with two attached hydrogens (primary N) is 1. The number of benzene rings is 2. The van der Waals surface area contributed by atoms with Crippen LogP contribution in [-0.2, 0) is 11.3 Å². The van der Waals surface area contributed by atoms with Gasteiger partial charge in [0.2, 0.25) is 5.91 Å². The highest BCUT2D eigenvalue weighted by atomic mass is 32.1. The Hall–Kier alpha value is -3.00. The zero-order chi connectivity index (χ0) is 21.5. The lowest BCUT2D eigenvalue weighted by Crippen LogP contribution is -2.38. The maximum absolute atomic E-state index is 12.1. The molecule has 31 heavy (non-hydrogen) atoms. The first-order chi connectivity index (χ1) is 15.0. The van der Waals surface area contributed by atoms with Crippen LogP contribution in [-0.4, -0.2) is 41.0 Å². The van der Waals surface area contributed by atoms with E-state index < -0.39 is 5.91 Å². The zero-order valence-electron chi connectivity index (χ0n) is 17.2. The van der Waals surface area contributed by atoms with Crippen molar-refractivity contribution < 1.29 is 14.3 Å². The van der Waals surface area contributed by atoms with Gasteiger partial charge in [0.1, 0.15) is 0 Å². The predicted molar refractivity (Wildman–Crippen MR) is 123 cm³/mol. The Balaban J connectivity index is 1.47. The average molecular weight is 434 g/mol. The molecule has 2 aromatic carbocycles. The number of carbonyl (C=O) groups is 2. The third-order valence-electron chi connectivity index (χ3n) is 5.86. The summed E-state index contributed by atoms with van der Waals surface area (Å²) in [6.45, 7) is 4.28. The third kappa shape index (κ3) is 3.54. The second-order valence-electron chi connectivity index (χ2n) is 7.86. The Labute approximate surface area is 183 Å². The fourth-order valence-electron chi connectivity index (χ4n) is 4.47. The van der Waals surface area contributed by atoms with E-state index in [0.29, 0.717) is 24.6 Å². The van der Waals surface area contributed by atoms with Crippen molar-refractivity contribution in [1.29, 1.82) is 0 Å². The number of hydrogen-bond acceptors (Lipinski definition) is 5. The number of aromatic nitrogens is 1. The molecule has 1 aliphatic rings. The molecule has 6 nitrogen and oxygen atoms in total. The molecule has 1 fully saturated rings. The minimum atomic E-state index is -0.415. The zero-order valence-corrected chi connectivity index (χ0v) is 18.0. The quantitative estimate of drug-likeness (QED) is 0.524. The smallest absolute Gasteiger partial charge is 0.259 e. The molecule has 1 amide bonds. The molecule has 0 spiro atoms. The van der Waals surface area contributed by atoms with Crippen molar-refractivity contribution in [2.75, 3.05) is 19.7 Å². The molecule has 1 saturated heterocycles. The van der Waals surface area contributed by atoms with Crippen LogP contribution in [0.1, 0.15) is 38.6 Å². The molecule has 1 aliphatic heterocycles. The van der Waals surface area contributed by atoms with Gasteiger partial charge in [-0.15, -0.1) is 11.3 Å². The minimum absolute atomic E-state index is 0.00172. The van der Waals surface area contributed by atoms with Gasteiger partial charge in [-0.3, -0.25) is 19.1 Å². The number of thiophene rings is 1. The van der Waals surface area contributed by atoms with Gasteiger partial charge in [-0.25, -0.2) is 0 Å². The van der Waals surface area contributed by atoms with E-state index in [2.05, 4.69) is 11.0 Å². The number of fused-ring (bicyclic) bond motifs is 2. The Morgan fingerprint density at radius 3 is 2.65 bits per heavy atom. The molecule has 3 heterocycles. The molecular formula is C24H23N3O3S. The largest absolute Gasteiger partial charge is 0.371 e. The fourth-order valence-corrected chi connectivity index (χ4v) is 5.57.